The standard InChI is InChI=1S/C11H14N2OS/c1-2-9-3-4-10(15-9)11(13-12)8-5-6-14-7-8/h3-7,11,13H,2,12H2,1H3. The van der Waals surface area contributed by atoms with Crippen LogP contribution in [0.3, 0.4) is 0 Å². The van der Waals surface area contributed by atoms with Gasteiger partial charge in [0, 0.05) is 15.3 Å². The van der Waals surface area contributed by atoms with E-state index in [1.165, 1.54) is 9.75 Å². The van der Waals surface area contributed by atoms with E-state index >= 15 is 0 Å². The van der Waals surface area contributed by atoms with Crippen molar-refractivity contribution in [1.29, 1.82) is 0 Å². The molecular formula is C11H14N2OS. The summed E-state index contributed by atoms with van der Waals surface area (Å²) in [6.45, 7) is 2.15. The normalized spacial score (nSPS) is 12.9. The van der Waals surface area contributed by atoms with Gasteiger partial charge >= 0.3 is 0 Å². The van der Waals surface area contributed by atoms with Crippen LogP contribution in [0.15, 0.2) is 35.1 Å². The summed E-state index contributed by atoms with van der Waals surface area (Å²) in [5, 5.41) is 0. The number of hydrogen-bond donors (Lipinski definition) is 2. The van der Waals surface area contributed by atoms with E-state index in [2.05, 4.69) is 24.5 Å². The monoisotopic (exact) mass is 222 g/mol. The van der Waals surface area contributed by atoms with Crippen LogP contribution in [-0.2, 0) is 6.42 Å². The summed E-state index contributed by atoms with van der Waals surface area (Å²) in [7, 11) is 0. The van der Waals surface area contributed by atoms with Crippen molar-refractivity contribution in [1.82, 2.24) is 5.43 Å². The van der Waals surface area contributed by atoms with Crippen molar-refractivity contribution in [3.8, 4) is 0 Å². The Morgan fingerprint density at radius 3 is 2.87 bits per heavy atom. The third-order valence-electron chi connectivity index (χ3n) is 2.36. The maximum atomic E-state index is 5.56. The quantitative estimate of drug-likeness (QED) is 0.617. The van der Waals surface area contributed by atoms with E-state index in [-0.39, 0.29) is 6.04 Å². The molecule has 3 N–H and O–H groups in total. The first-order chi connectivity index (χ1) is 7.35. The fourth-order valence-electron chi connectivity index (χ4n) is 1.52. The predicted molar refractivity (Wildman–Crippen MR) is 61.6 cm³/mol. The van der Waals surface area contributed by atoms with Crippen LogP contribution in [0.4, 0.5) is 0 Å². The summed E-state index contributed by atoms with van der Waals surface area (Å²) >= 11 is 1.78. The first kappa shape index (κ1) is 10.4. The molecule has 2 rings (SSSR count). The Kier molecular flexibility index (Phi) is 3.20. The lowest BCUT2D eigenvalue weighted by Gasteiger charge is -2.11. The van der Waals surface area contributed by atoms with E-state index in [0.29, 0.717) is 0 Å². The van der Waals surface area contributed by atoms with E-state index in [1.807, 2.05) is 6.07 Å². The lowest BCUT2D eigenvalue weighted by Crippen LogP contribution is -2.27. The molecule has 1 unspecified atom stereocenters. The van der Waals surface area contributed by atoms with Gasteiger partial charge in [0.1, 0.15) is 0 Å². The molecule has 1 atom stereocenters. The SMILES string of the molecule is CCc1ccc(C(NN)c2ccoc2)s1. The van der Waals surface area contributed by atoms with Crippen LogP contribution in [0.5, 0.6) is 0 Å². The molecule has 0 aromatic carbocycles. The zero-order valence-corrected chi connectivity index (χ0v) is 9.38. The molecule has 2 heterocycles. The molecule has 0 radical (unpaired) electrons. The molecular weight excluding hydrogens is 208 g/mol. The topological polar surface area (TPSA) is 51.2 Å². The maximum absolute atomic E-state index is 5.56. The van der Waals surface area contributed by atoms with Gasteiger partial charge in [-0.2, -0.15) is 0 Å². The predicted octanol–water partition coefficient (Wildman–Crippen LogP) is 2.46. The van der Waals surface area contributed by atoms with Gasteiger partial charge in [0.15, 0.2) is 0 Å². The van der Waals surface area contributed by atoms with Gasteiger partial charge in [-0.3, -0.25) is 5.84 Å². The highest BCUT2D eigenvalue weighted by molar-refractivity contribution is 7.12. The lowest BCUT2D eigenvalue weighted by atomic mass is 10.1. The van der Waals surface area contributed by atoms with Crippen molar-refractivity contribution in [2.45, 2.75) is 19.4 Å². The molecule has 15 heavy (non-hydrogen) atoms. The maximum Gasteiger partial charge on any atom is 0.0954 e. The van der Waals surface area contributed by atoms with Gasteiger partial charge in [-0.25, -0.2) is 5.43 Å². The molecule has 0 amide bonds. The van der Waals surface area contributed by atoms with E-state index in [1.54, 1.807) is 23.9 Å². The Balaban J connectivity index is 2.27. The third kappa shape index (κ3) is 2.12. The van der Waals surface area contributed by atoms with Crippen molar-refractivity contribution in [2.24, 2.45) is 5.84 Å². The number of thiophene rings is 1. The molecule has 0 saturated heterocycles. The molecule has 3 nitrogen and oxygen atoms in total. The highest BCUT2D eigenvalue weighted by atomic mass is 32.1. The average molecular weight is 222 g/mol. The summed E-state index contributed by atoms with van der Waals surface area (Å²) in [5.74, 6) is 5.56. The first-order valence-electron chi connectivity index (χ1n) is 4.92. The number of furan rings is 1. The number of aryl methyl sites for hydroxylation is 1. The van der Waals surface area contributed by atoms with Gasteiger partial charge in [-0.15, -0.1) is 11.3 Å². The molecule has 2 aromatic heterocycles. The Morgan fingerprint density at radius 2 is 2.33 bits per heavy atom. The number of hydrazine groups is 1. The van der Waals surface area contributed by atoms with Crippen LogP contribution in [0, 0.1) is 0 Å². The first-order valence-corrected chi connectivity index (χ1v) is 5.73. The van der Waals surface area contributed by atoms with Crippen molar-refractivity contribution in [2.75, 3.05) is 0 Å². The van der Waals surface area contributed by atoms with Gasteiger partial charge in [0.25, 0.3) is 0 Å². The molecule has 4 heteroatoms. The van der Waals surface area contributed by atoms with Gasteiger partial charge in [-0.05, 0) is 24.6 Å². The number of hydrogen-bond acceptors (Lipinski definition) is 4. The zero-order chi connectivity index (χ0) is 10.7. The Hall–Kier alpha value is -1.10. The molecule has 0 aliphatic rings. The molecule has 0 fully saturated rings. The number of nitrogens with one attached hydrogen (secondary N) is 1. The summed E-state index contributed by atoms with van der Waals surface area (Å²) in [5.41, 5.74) is 3.87. The number of nitrogens with two attached hydrogens (primary N) is 1. The molecule has 80 valence electrons. The van der Waals surface area contributed by atoms with E-state index in [0.717, 1.165) is 12.0 Å². The summed E-state index contributed by atoms with van der Waals surface area (Å²) in [6, 6.07) is 6.22. The summed E-state index contributed by atoms with van der Waals surface area (Å²) in [6.07, 6.45) is 4.44. The fourth-order valence-corrected chi connectivity index (χ4v) is 2.56. The highest BCUT2D eigenvalue weighted by Gasteiger charge is 2.15. The van der Waals surface area contributed by atoms with Crippen LogP contribution >= 0.6 is 11.3 Å². The molecule has 2 aromatic rings. The van der Waals surface area contributed by atoms with Gasteiger partial charge in [-0.1, -0.05) is 6.92 Å². The second kappa shape index (κ2) is 4.61. The Bertz CT molecular complexity index is 408. The highest BCUT2D eigenvalue weighted by Crippen LogP contribution is 2.28. The van der Waals surface area contributed by atoms with Crippen molar-refractivity contribution < 1.29 is 4.42 Å². The Morgan fingerprint density at radius 1 is 1.47 bits per heavy atom. The van der Waals surface area contributed by atoms with Gasteiger partial charge < -0.3 is 4.42 Å². The summed E-state index contributed by atoms with van der Waals surface area (Å²) < 4.78 is 5.06. The Labute approximate surface area is 92.9 Å². The van der Waals surface area contributed by atoms with Crippen LogP contribution in [0.1, 0.15) is 28.3 Å². The van der Waals surface area contributed by atoms with E-state index in [4.69, 9.17) is 10.3 Å². The summed E-state index contributed by atoms with van der Waals surface area (Å²) in [4.78, 5) is 2.59. The van der Waals surface area contributed by atoms with Crippen molar-refractivity contribution in [3.05, 3.63) is 46.0 Å². The average Bonchev–Trinajstić information content (AvgIpc) is 2.89. The van der Waals surface area contributed by atoms with Crippen LogP contribution < -0.4 is 11.3 Å². The zero-order valence-electron chi connectivity index (χ0n) is 8.57. The van der Waals surface area contributed by atoms with Gasteiger partial charge in [0.2, 0.25) is 0 Å². The smallest absolute Gasteiger partial charge is 0.0954 e. The minimum absolute atomic E-state index is 0.0362. The molecule has 0 spiro atoms. The second-order valence-electron chi connectivity index (χ2n) is 3.31. The molecule has 0 aliphatic heterocycles. The number of rotatable bonds is 4. The minimum Gasteiger partial charge on any atom is -0.472 e. The fraction of sp³-hybridized carbons (Fsp3) is 0.273. The third-order valence-corrected chi connectivity index (χ3v) is 3.65. The van der Waals surface area contributed by atoms with Gasteiger partial charge in [0.05, 0.1) is 18.6 Å². The largest absolute Gasteiger partial charge is 0.472 e. The lowest BCUT2D eigenvalue weighted by molar-refractivity contribution is 0.554. The molecule has 0 saturated carbocycles. The molecule has 0 aliphatic carbocycles. The van der Waals surface area contributed by atoms with Crippen LogP contribution in [0.2, 0.25) is 0 Å². The second-order valence-corrected chi connectivity index (χ2v) is 4.51. The van der Waals surface area contributed by atoms with Crippen molar-refractivity contribution in [3.63, 3.8) is 0 Å². The molecule has 0 bridgehead atoms. The van der Waals surface area contributed by atoms with Crippen LogP contribution in [0.25, 0.3) is 0 Å². The van der Waals surface area contributed by atoms with Crippen LogP contribution in [-0.4, -0.2) is 0 Å². The van der Waals surface area contributed by atoms with E-state index in [9.17, 15) is 0 Å². The van der Waals surface area contributed by atoms with E-state index < -0.39 is 0 Å². The minimum atomic E-state index is 0.0362. The van der Waals surface area contributed by atoms with Crippen molar-refractivity contribution >= 4 is 11.3 Å².